The molecule has 0 spiro atoms. The highest BCUT2D eigenvalue weighted by molar-refractivity contribution is 5.33. The second kappa shape index (κ2) is 6.96. The van der Waals surface area contributed by atoms with Gasteiger partial charge < -0.3 is 5.11 Å². The van der Waals surface area contributed by atoms with E-state index in [1.54, 1.807) is 12.1 Å². The van der Waals surface area contributed by atoms with Crippen molar-refractivity contribution in [1.29, 1.82) is 5.26 Å². The number of nitrogens with zero attached hydrogens (tertiary/aromatic N) is 1. The quantitative estimate of drug-likeness (QED) is 0.730. The zero-order valence-corrected chi connectivity index (χ0v) is 10.7. The molecular weight excluding hydrogens is 210 g/mol. The van der Waals surface area contributed by atoms with Gasteiger partial charge in [-0.05, 0) is 36.1 Å². The first-order chi connectivity index (χ1) is 8.11. The van der Waals surface area contributed by atoms with Gasteiger partial charge in [0.15, 0.2) is 0 Å². The minimum Gasteiger partial charge on any atom is -0.508 e. The lowest BCUT2D eigenvalue weighted by Crippen LogP contribution is -2.08. The summed E-state index contributed by atoms with van der Waals surface area (Å²) >= 11 is 0. The van der Waals surface area contributed by atoms with Crippen LogP contribution in [0.2, 0.25) is 0 Å². The van der Waals surface area contributed by atoms with Gasteiger partial charge in [-0.15, -0.1) is 0 Å². The Morgan fingerprint density at radius 3 is 1.76 bits per heavy atom. The Hall–Kier alpha value is -1.49. The van der Waals surface area contributed by atoms with E-state index in [1.165, 1.54) is 37.8 Å². The van der Waals surface area contributed by atoms with Crippen LogP contribution in [-0.2, 0) is 0 Å². The van der Waals surface area contributed by atoms with Crippen LogP contribution in [0.3, 0.4) is 0 Å². The molecular formula is C15H21NO. The van der Waals surface area contributed by atoms with Gasteiger partial charge >= 0.3 is 0 Å². The fraction of sp³-hybridized carbons (Fsp3) is 0.533. The van der Waals surface area contributed by atoms with Gasteiger partial charge in [-0.3, -0.25) is 0 Å². The lowest BCUT2D eigenvalue weighted by atomic mass is 9.84. The Labute approximate surface area is 104 Å². The van der Waals surface area contributed by atoms with Gasteiger partial charge in [-0.25, -0.2) is 0 Å². The van der Waals surface area contributed by atoms with Gasteiger partial charge in [0.25, 0.3) is 0 Å². The van der Waals surface area contributed by atoms with Crippen LogP contribution in [0.5, 0.6) is 5.75 Å². The van der Waals surface area contributed by atoms with Gasteiger partial charge in [0.05, 0.1) is 11.6 Å². The van der Waals surface area contributed by atoms with E-state index in [0.717, 1.165) is 11.8 Å². The lowest BCUT2D eigenvalue weighted by Gasteiger charge is -2.22. The summed E-state index contributed by atoms with van der Waals surface area (Å²) in [6.45, 7) is 4.73. The Morgan fingerprint density at radius 1 is 1.00 bits per heavy atom. The highest BCUT2D eigenvalue weighted by Gasteiger charge is 2.13. The molecule has 0 amide bonds. The second-order valence-corrected chi connectivity index (χ2v) is 5.02. The molecule has 1 aliphatic carbocycles. The van der Waals surface area contributed by atoms with Crippen LogP contribution in [0.1, 0.15) is 45.1 Å². The molecule has 2 nitrogen and oxygen atoms in total. The normalized spacial score (nSPS) is 23.1. The molecule has 0 radical (unpaired) electrons. The number of hydrogen-bond acceptors (Lipinski definition) is 2. The molecule has 0 unspecified atom stereocenters. The molecule has 0 aliphatic heterocycles. The Kier molecular flexibility index (Phi) is 5.56. The number of aromatic hydroxyl groups is 1. The first-order valence-corrected chi connectivity index (χ1v) is 6.31. The van der Waals surface area contributed by atoms with Crippen molar-refractivity contribution < 1.29 is 5.11 Å². The number of phenols is 1. The lowest BCUT2D eigenvalue weighted by molar-refractivity contribution is 0.308. The van der Waals surface area contributed by atoms with Crippen LogP contribution in [-0.4, -0.2) is 5.11 Å². The van der Waals surface area contributed by atoms with Gasteiger partial charge in [0, 0.05) is 0 Å². The van der Waals surface area contributed by atoms with Crippen molar-refractivity contribution in [3.63, 3.8) is 0 Å². The maximum Gasteiger partial charge on any atom is 0.115 e. The van der Waals surface area contributed by atoms with Crippen molar-refractivity contribution in [3.8, 4) is 11.8 Å². The molecule has 0 saturated heterocycles. The molecule has 1 aromatic rings. The molecule has 1 N–H and O–H groups in total. The Bertz CT molecular complexity index is 346. The summed E-state index contributed by atoms with van der Waals surface area (Å²) < 4.78 is 0. The Balaban J connectivity index is 0.000000171. The number of hydrogen-bond donors (Lipinski definition) is 1. The van der Waals surface area contributed by atoms with Crippen LogP contribution >= 0.6 is 0 Å². The van der Waals surface area contributed by atoms with Crippen molar-refractivity contribution in [2.75, 3.05) is 0 Å². The highest BCUT2D eigenvalue weighted by Crippen LogP contribution is 2.27. The molecule has 1 aromatic carbocycles. The summed E-state index contributed by atoms with van der Waals surface area (Å²) in [6, 6.07) is 8.04. The van der Waals surface area contributed by atoms with E-state index in [0.29, 0.717) is 5.56 Å². The van der Waals surface area contributed by atoms with Crippen molar-refractivity contribution in [2.24, 2.45) is 11.8 Å². The van der Waals surface area contributed by atoms with E-state index in [9.17, 15) is 0 Å². The summed E-state index contributed by atoms with van der Waals surface area (Å²) in [5.41, 5.74) is 0.563. The first-order valence-electron chi connectivity index (χ1n) is 6.31. The van der Waals surface area contributed by atoms with Crippen molar-refractivity contribution in [1.82, 2.24) is 0 Å². The van der Waals surface area contributed by atoms with E-state index in [2.05, 4.69) is 13.8 Å². The van der Waals surface area contributed by atoms with Crippen molar-refractivity contribution >= 4 is 0 Å². The Morgan fingerprint density at radius 2 is 1.41 bits per heavy atom. The highest BCUT2D eigenvalue weighted by atomic mass is 16.3. The average Bonchev–Trinajstić information content (AvgIpc) is 2.35. The van der Waals surface area contributed by atoms with Gasteiger partial charge in [0.1, 0.15) is 5.75 Å². The minimum absolute atomic E-state index is 0.189. The predicted molar refractivity (Wildman–Crippen MR) is 69.6 cm³/mol. The largest absolute Gasteiger partial charge is 0.508 e. The number of rotatable bonds is 0. The maximum absolute atomic E-state index is 8.74. The van der Waals surface area contributed by atoms with Crippen LogP contribution in [0.15, 0.2) is 24.3 Å². The zero-order valence-electron chi connectivity index (χ0n) is 10.7. The fourth-order valence-corrected chi connectivity index (χ4v) is 1.96. The van der Waals surface area contributed by atoms with E-state index >= 15 is 0 Å². The fourth-order valence-electron chi connectivity index (χ4n) is 1.96. The molecule has 2 heteroatoms. The summed E-state index contributed by atoms with van der Waals surface area (Å²) in [5.74, 6) is 2.23. The molecule has 17 heavy (non-hydrogen) atoms. The molecule has 0 bridgehead atoms. The predicted octanol–water partition coefficient (Wildman–Crippen LogP) is 4.10. The zero-order chi connectivity index (χ0) is 12.7. The number of phenolic OH excluding ortho intramolecular Hbond substituents is 1. The first kappa shape index (κ1) is 13.6. The standard InChI is InChI=1S/C8H16.C7H5NO/c1-7-3-5-8(2)6-4-7;8-5-6-1-3-7(9)4-2-6/h7-8H,3-6H2,1-2H3;1-4,9H. The second-order valence-electron chi connectivity index (χ2n) is 5.02. The van der Waals surface area contributed by atoms with Crippen LogP contribution in [0, 0.1) is 23.2 Å². The SMILES string of the molecule is CC1CCC(C)CC1.N#Cc1ccc(O)cc1. The average molecular weight is 231 g/mol. The van der Waals surface area contributed by atoms with E-state index in [1.807, 2.05) is 6.07 Å². The molecule has 1 saturated carbocycles. The smallest absolute Gasteiger partial charge is 0.115 e. The van der Waals surface area contributed by atoms with Gasteiger partial charge in [-0.2, -0.15) is 5.26 Å². The third-order valence-corrected chi connectivity index (χ3v) is 3.30. The number of benzene rings is 1. The third kappa shape index (κ3) is 5.40. The van der Waals surface area contributed by atoms with Gasteiger partial charge in [-0.1, -0.05) is 39.5 Å². The van der Waals surface area contributed by atoms with E-state index < -0.39 is 0 Å². The van der Waals surface area contributed by atoms with Crippen molar-refractivity contribution in [3.05, 3.63) is 29.8 Å². The van der Waals surface area contributed by atoms with Crippen molar-refractivity contribution in [2.45, 2.75) is 39.5 Å². The topological polar surface area (TPSA) is 44.0 Å². The van der Waals surface area contributed by atoms with Gasteiger partial charge in [0.2, 0.25) is 0 Å². The van der Waals surface area contributed by atoms with E-state index in [4.69, 9.17) is 10.4 Å². The van der Waals surface area contributed by atoms with Crippen LogP contribution < -0.4 is 0 Å². The molecule has 0 heterocycles. The third-order valence-electron chi connectivity index (χ3n) is 3.30. The molecule has 1 aliphatic rings. The monoisotopic (exact) mass is 231 g/mol. The minimum atomic E-state index is 0.189. The molecule has 2 rings (SSSR count). The van der Waals surface area contributed by atoms with Crippen LogP contribution in [0.25, 0.3) is 0 Å². The van der Waals surface area contributed by atoms with E-state index in [-0.39, 0.29) is 5.75 Å². The molecule has 92 valence electrons. The summed E-state index contributed by atoms with van der Waals surface area (Å²) in [4.78, 5) is 0. The summed E-state index contributed by atoms with van der Waals surface area (Å²) in [5, 5.41) is 17.0. The molecule has 0 aromatic heterocycles. The summed E-state index contributed by atoms with van der Waals surface area (Å²) in [7, 11) is 0. The summed E-state index contributed by atoms with van der Waals surface area (Å²) in [6.07, 6.45) is 5.89. The number of nitriles is 1. The molecule has 1 fully saturated rings. The maximum atomic E-state index is 8.74. The van der Waals surface area contributed by atoms with Crippen LogP contribution in [0.4, 0.5) is 0 Å². The molecule has 0 atom stereocenters.